The van der Waals surface area contributed by atoms with Gasteiger partial charge in [-0.25, -0.2) is 32.0 Å². The molecule has 1 aromatic carbocycles. The van der Waals surface area contributed by atoms with Crippen molar-refractivity contribution >= 4 is 39.4 Å². The summed E-state index contributed by atoms with van der Waals surface area (Å²) in [6.45, 7) is 6.92. The van der Waals surface area contributed by atoms with Crippen molar-refractivity contribution in [3.63, 3.8) is 0 Å². The first-order chi connectivity index (χ1) is 17.3. The van der Waals surface area contributed by atoms with E-state index >= 15 is 0 Å². The normalized spacial score (nSPS) is 12.4. The minimum atomic E-state index is -3.97. The molecule has 4 N–H and O–H groups in total. The maximum Gasteiger partial charge on any atom is 0.404 e. The first kappa shape index (κ1) is 28.1. The number of nitrogens with zero attached hydrogens (tertiary/aromatic N) is 4. The van der Waals surface area contributed by atoms with Crippen molar-refractivity contribution in [2.45, 2.75) is 39.8 Å². The Labute approximate surface area is 217 Å². The Balaban J connectivity index is 2.11. The average molecular weight is 558 g/mol. The largest absolute Gasteiger partial charge is 0.465 e. The molecule has 0 fully saturated rings. The molecule has 0 saturated carbocycles. The van der Waals surface area contributed by atoms with Gasteiger partial charge in [-0.15, -0.1) is 0 Å². The fraction of sp³-hybridized carbons (Fsp3) is 0.364. The molecule has 37 heavy (non-hydrogen) atoms. The average Bonchev–Trinajstić information content (AvgIpc) is 3.28. The Kier molecular flexibility index (Phi) is 8.53. The topological polar surface area (TPSA) is 151 Å². The number of nitrogens with one attached hydrogen (secondary N) is 3. The highest BCUT2D eigenvalue weighted by Crippen LogP contribution is 2.41. The summed E-state index contributed by atoms with van der Waals surface area (Å²) >= 11 is 6.41. The Morgan fingerprint density at radius 3 is 2.57 bits per heavy atom. The number of benzene rings is 1. The highest BCUT2D eigenvalue weighted by atomic mass is 35.5. The maximum atomic E-state index is 14.6. The van der Waals surface area contributed by atoms with Crippen LogP contribution in [-0.2, 0) is 10.0 Å². The van der Waals surface area contributed by atoms with E-state index in [1.165, 1.54) is 13.1 Å². The molecule has 0 bridgehead atoms. The van der Waals surface area contributed by atoms with Gasteiger partial charge in [0, 0.05) is 42.1 Å². The molecule has 0 saturated heterocycles. The molecule has 200 valence electrons. The lowest BCUT2D eigenvalue weighted by molar-refractivity contribution is 0.191. The Morgan fingerprint density at radius 1 is 1.24 bits per heavy atom. The molecule has 0 radical (unpaired) electrons. The molecule has 1 amide bonds. The summed E-state index contributed by atoms with van der Waals surface area (Å²) in [5.41, 5.74) is 0.132. The molecule has 0 aliphatic rings. The van der Waals surface area contributed by atoms with Crippen molar-refractivity contribution in [1.29, 1.82) is 0 Å². The second kappa shape index (κ2) is 11.3. The van der Waals surface area contributed by atoms with Crippen molar-refractivity contribution in [1.82, 2.24) is 25.1 Å². The molecular formula is C22H26ClF2N7O4S. The summed E-state index contributed by atoms with van der Waals surface area (Å²) in [6, 6.07) is 1.86. The standard InChI is InChI=1S/C22H26ClF2N7O4S/c1-5-37(35,36)31-20-17(23)13(8-15(24)18(20)25)19-14(10-32(30-19)11(2)3)16-6-7-26-21(29-16)27-9-12(4)28-22(33)34/h6-8,10-12,28,31H,5,9H2,1-4H3,(H,33,34)(H,26,27,29)/t12-/m0/s1. The second-order valence-corrected chi connectivity index (χ2v) is 10.8. The predicted octanol–water partition coefficient (Wildman–Crippen LogP) is 4.35. The first-order valence-corrected chi connectivity index (χ1v) is 13.2. The van der Waals surface area contributed by atoms with E-state index in [4.69, 9.17) is 16.7 Å². The van der Waals surface area contributed by atoms with Crippen molar-refractivity contribution in [3.05, 3.63) is 41.2 Å². The van der Waals surface area contributed by atoms with Crippen LogP contribution in [0.2, 0.25) is 5.02 Å². The molecule has 11 nitrogen and oxygen atoms in total. The van der Waals surface area contributed by atoms with E-state index < -0.39 is 39.5 Å². The molecule has 0 aliphatic carbocycles. The van der Waals surface area contributed by atoms with Gasteiger partial charge in [-0.3, -0.25) is 9.40 Å². The number of hydrogen-bond acceptors (Lipinski definition) is 7. The molecule has 0 aliphatic heterocycles. The van der Waals surface area contributed by atoms with Gasteiger partial charge < -0.3 is 15.7 Å². The smallest absolute Gasteiger partial charge is 0.404 e. The first-order valence-electron chi connectivity index (χ1n) is 11.2. The van der Waals surface area contributed by atoms with Crippen LogP contribution in [0.1, 0.15) is 33.7 Å². The number of halogens is 3. The van der Waals surface area contributed by atoms with Crippen LogP contribution in [0, 0.1) is 11.6 Å². The number of carboxylic acid groups (broad SMARTS) is 1. The van der Waals surface area contributed by atoms with E-state index in [2.05, 4.69) is 25.7 Å². The van der Waals surface area contributed by atoms with Crippen LogP contribution in [-0.4, -0.2) is 57.7 Å². The highest BCUT2D eigenvalue weighted by molar-refractivity contribution is 7.92. The fourth-order valence-electron chi connectivity index (χ4n) is 3.24. The Morgan fingerprint density at radius 2 is 1.95 bits per heavy atom. The Hall–Kier alpha value is -3.52. The van der Waals surface area contributed by atoms with Crippen molar-refractivity contribution in [2.75, 3.05) is 22.3 Å². The molecule has 1 atom stereocenters. The van der Waals surface area contributed by atoms with E-state index in [1.54, 1.807) is 23.9 Å². The van der Waals surface area contributed by atoms with Gasteiger partial charge in [0.2, 0.25) is 16.0 Å². The number of amides is 1. The van der Waals surface area contributed by atoms with E-state index in [1.807, 2.05) is 18.6 Å². The van der Waals surface area contributed by atoms with Crippen LogP contribution in [0.3, 0.4) is 0 Å². The third kappa shape index (κ3) is 6.63. The summed E-state index contributed by atoms with van der Waals surface area (Å²) < 4.78 is 56.9. The third-order valence-corrected chi connectivity index (χ3v) is 6.85. The van der Waals surface area contributed by atoms with Gasteiger partial charge in [0.05, 0.1) is 16.5 Å². The van der Waals surface area contributed by atoms with Gasteiger partial charge in [-0.1, -0.05) is 11.6 Å². The maximum absolute atomic E-state index is 14.6. The minimum absolute atomic E-state index is 0.0452. The van der Waals surface area contributed by atoms with Gasteiger partial charge in [0.1, 0.15) is 11.4 Å². The fourth-order valence-corrected chi connectivity index (χ4v) is 4.21. The number of anilines is 2. The number of sulfonamides is 1. The second-order valence-electron chi connectivity index (χ2n) is 8.38. The molecule has 15 heteroatoms. The van der Waals surface area contributed by atoms with E-state index in [0.29, 0.717) is 11.3 Å². The van der Waals surface area contributed by atoms with Crippen LogP contribution in [0.5, 0.6) is 0 Å². The molecule has 3 rings (SSSR count). The zero-order valence-electron chi connectivity index (χ0n) is 20.4. The zero-order chi connectivity index (χ0) is 27.5. The number of carbonyl (C=O) groups is 1. The Bertz CT molecular complexity index is 1420. The van der Waals surface area contributed by atoms with Gasteiger partial charge in [-0.2, -0.15) is 5.10 Å². The van der Waals surface area contributed by atoms with E-state index in [9.17, 15) is 22.0 Å². The van der Waals surface area contributed by atoms with Gasteiger partial charge in [-0.05, 0) is 39.8 Å². The van der Waals surface area contributed by atoms with Crippen LogP contribution in [0.4, 0.5) is 25.2 Å². The quantitative estimate of drug-likeness (QED) is 0.269. The number of aromatic nitrogens is 4. The number of rotatable bonds is 10. The van der Waals surface area contributed by atoms with Gasteiger partial charge >= 0.3 is 6.09 Å². The lowest BCUT2D eigenvalue weighted by Gasteiger charge is -2.14. The van der Waals surface area contributed by atoms with Crippen LogP contribution < -0.4 is 15.4 Å². The van der Waals surface area contributed by atoms with Gasteiger partial charge in [0.15, 0.2) is 11.6 Å². The monoisotopic (exact) mass is 557 g/mol. The van der Waals surface area contributed by atoms with E-state index in [-0.39, 0.29) is 40.6 Å². The minimum Gasteiger partial charge on any atom is -0.465 e. The SMILES string of the molecule is CCS(=O)(=O)Nc1c(F)c(F)cc(-c2nn(C(C)C)cc2-c2ccnc(NC[C@H](C)NC(=O)O)n2)c1Cl. The molecule has 0 spiro atoms. The van der Waals surface area contributed by atoms with Crippen molar-refractivity contribution < 1.29 is 27.1 Å². The lowest BCUT2D eigenvalue weighted by atomic mass is 10.0. The van der Waals surface area contributed by atoms with Gasteiger partial charge in [0.25, 0.3) is 0 Å². The highest BCUT2D eigenvalue weighted by Gasteiger charge is 2.26. The summed E-state index contributed by atoms with van der Waals surface area (Å²) in [6.07, 6.45) is 1.94. The lowest BCUT2D eigenvalue weighted by Crippen LogP contribution is -2.36. The zero-order valence-corrected chi connectivity index (χ0v) is 22.0. The number of hydrogen-bond donors (Lipinski definition) is 4. The molecule has 0 unspecified atom stereocenters. The molecular weight excluding hydrogens is 532 g/mol. The summed E-state index contributed by atoms with van der Waals surface area (Å²) in [7, 11) is -3.97. The van der Waals surface area contributed by atoms with Crippen LogP contribution in [0.15, 0.2) is 24.5 Å². The third-order valence-electron chi connectivity index (χ3n) is 5.18. The van der Waals surface area contributed by atoms with Crippen LogP contribution >= 0.6 is 11.6 Å². The summed E-state index contributed by atoms with van der Waals surface area (Å²) in [4.78, 5) is 19.4. The molecule has 3 aromatic rings. The van der Waals surface area contributed by atoms with Crippen molar-refractivity contribution in [3.8, 4) is 22.5 Å². The van der Waals surface area contributed by atoms with E-state index in [0.717, 1.165) is 6.07 Å². The molecule has 2 aromatic heterocycles. The van der Waals surface area contributed by atoms with Crippen LogP contribution in [0.25, 0.3) is 22.5 Å². The van der Waals surface area contributed by atoms with Crippen molar-refractivity contribution in [2.24, 2.45) is 0 Å². The predicted molar refractivity (Wildman–Crippen MR) is 136 cm³/mol. The molecule has 2 heterocycles. The summed E-state index contributed by atoms with van der Waals surface area (Å²) in [5, 5.41) is 18.2. The summed E-state index contributed by atoms with van der Waals surface area (Å²) in [5.74, 6) is -2.94.